The van der Waals surface area contributed by atoms with Crippen LogP contribution < -0.4 is 16.4 Å². The van der Waals surface area contributed by atoms with Crippen LogP contribution >= 0.6 is 15.9 Å². The second kappa shape index (κ2) is 10.7. The number of fused-ring (bicyclic) bond motifs is 2. The van der Waals surface area contributed by atoms with Crippen molar-refractivity contribution in [3.8, 4) is 0 Å². The number of hydrogen-bond acceptors (Lipinski definition) is 5. The zero-order valence-corrected chi connectivity index (χ0v) is 21.1. The molecule has 3 aromatic rings. The smallest absolute Gasteiger partial charge is 0.248 e. The Kier molecular flexibility index (Phi) is 7.18. The number of rotatable bonds is 7. The summed E-state index contributed by atoms with van der Waals surface area (Å²) in [5.74, 6) is -0.343. The molecule has 4 N–H and O–H groups in total. The average Bonchev–Trinajstić information content (AvgIpc) is 3.50. The lowest BCUT2D eigenvalue weighted by molar-refractivity contribution is -0.123. The summed E-state index contributed by atoms with van der Waals surface area (Å²) < 4.78 is 6.72. The summed E-state index contributed by atoms with van der Waals surface area (Å²) in [7, 11) is 0. The topological polar surface area (TPSA) is 96.7 Å². The van der Waals surface area contributed by atoms with Gasteiger partial charge in [-0.2, -0.15) is 0 Å². The molecule has 2 aliphatic heterocycles. The molecule has 0 radical (unpaired) electrons. The van der Waals surface area contributed by atoms with Gasteiger partial charge in [-0.3, -0.25) is 14.5 Å². The number of likely N-dealkylation sites (tertiary alicyclic amines) is 1. The van der Waals surface area contributed by atoms with Crippen LogP contribution in [0.3, 0.4) is 0 Å². The van der Waals surface area contributed by atoms with Gasteiger partial charge in [0.2, 0.25) is 11.8 Å². The van der Waals surface area contributed by atoms with Gasteiger partial charge < -0.3 is 21.1 Å². The van der Waals surface area contributed by atoms with E-state index in [-0.39, 0.29) is 24.0 Å². The second-order valence-corrected chi connectivity index (χ2v) is 9.93. The number of hydrogen-bond donors (Lipinski definition) is 3. The lowest BCUT2D eigenvalue weighted by Gasteiger charge is -2.34. The molecule has 8 heteroatoms. The van der Waals surface area contributed by atoms with E-state index in [1.165, 1.54) is 6.08 Å². The van der Waals surface area contributed by atoms with Gasteiger partial charge in [0.1, 0.15) is 6.04 Å². The zero-order valence-electron chi connectivity index (χ0n) is 19.6. The first-order valence-corrected chi connectivity index (χ1v) is 12.6. The number of ether oxygens (including phenoxy) is 1. The lowest BCUT2D eigenvalue weighted by Crippen LogP contribution is -2.44. The zero-order chi connectivity index (χ0) is 25.1. The third-order valence-electron chi connectivity index (χ3n) is 6.53. The van der Waals surface area contributed by atoms with Gasteiger partial charge in [0.15, 0.2) is 0 Å². The number of benzene rings is 3. The number of nitrogen functional groups attached to an aromatic ring is 1. The Labute approximate surface area is 218 Å². The Morgan fingerprint density at radius 3 is 2.44 bits per heavy atom. The summed E-state index contributed by atoms with van der Waals surface area (Å²) in [5.41, 5.74) is 9.48. The highest BCUT2D eigenvalue weighted by Crippen LogP contribution is 2.36. The minimum atomic E-state index is -0.435. The number of halogens is 1. The Balaban J connectivity index is 1.31. The number of morpholine rings is 1. The number of para-hydroxylation sites is 2. The van der Waals surface area contributed by atoms with Gasteiger partial charge in [-0.05, 0) is 60.0 Å². The van der Waals surface area contributed by atoms with Crippen molar-refractivity contribution in [1.29, 1.82) is 0 Å². The summed E-state index contributed by atoms with van der Waals surface area (Å²) >= 11 is 3.43. The molecule has 184 valence electrons. The fourth-order valence-corrected chi connectivity index (χ4v) is 4.99. The van der Waals surface area contributed by atoms with Gasteiger partial charge >= 0.3 is 0 Å². The number of nitrogens with two attached hydrogens (primary N) is 1. The third-order valence-corrected chi connectivity index (χ3v) is 7.06. The molecule has 3 aromatic carbocycles. The molecule has 5 rings (SSSR count). The fourth-order valence-electron chi connectivity index (χ4n) is 4.73. The van der Waals surface area contributed by atoms with Crippen molar-refractivity contribution in [2.45, 2.75) is 24.6 Å². The molecule has 0 aromatic heterocycles. The molecule has 2 saturated heterocycles. The highest BCUT2D eigenvalue weighted by atomic mass is 79.9. The predicted molar refractivity (Wildman–Crippen MR) is 145 cm³/mol. The molecule has 2 heterocycles. The Morgan fingerprint density at radius 1 is 1.03 bits per heavy atom. The van der Waals surface area contributed by atoms with Crippen molar-refractivity contribution >= 4 is 50.9 Å². The molecular weight excluding hydrogens is 520 g/mol. The van der Waals surface area contributed by atoms with Gasteiger partial charge in [-0.1, -0.05) is 52.3 Å². The maximum absolute atomic E-state index is 13.5. The molecule has 2 aliphatic rings. The van der Waals surface area contributed by atoms with Crippen molar-refractivity contribution in [2.75, 3.05) is 29.5 Å². The van der Waals surface area contributed by atoms with Crippen LogP contribution in [0.25, 0.3) is 6.08 Å². The quantitative estimate of drug-likeness (QED) is 0.291. The van der Waals surface area contributed by atoms with Crippen molar-refractivity contribution in [3.63, 3.8) is 0 Å². The van der Waals surface area contributed by atoms with Crippen LogP contribution in [0.1, 0.15) is 23.6 Å². The summed E-state index contributed by atoms with van der Waals surface area (Å²) in [5, 5.41) is 5.85. The Hall–Kier alpha value is -3.46. The van der Waals surface area contributed by atoms with E-state index < -0.39 is 6.04 Å². The van der Waals surface area contributed by atoms with Gasteiger partial charge in [-0.15, -0.1) is 0 Å². The van der Waals surface area contributed by atoms with E-state index >= 15 is 0 Å². The first-order valence-electron chi connectivity index (χ1n) is 11.8. The summed E-state index contributed by atoms with van der Waals surface area (Å²) in [6.07, 6.45) is 4.33. The predicted octanol–water partition coefficient (Wildman–Crippen LogP) is 4.84. The monoisotopic (exact) mass is 546 g/mol. The van der Waals surface area contributed by atoms with Crippen LogP contribution in [0.2, 0.25) is 0 Å². The van der Waals surface area contributed by atoms with E-state index in [1.807, 2.05) is 60.7 Å². The largest absolute Gasteiger partial charge is 0.397 e. The molecule has 36 heavy (non-hydrogen) atoms. The summed E-state index contributed by atoms with van der Waals surface area (Å²) in [6.45, 7) is 1.38. The van der Waals surface area contributed by atoms with Crippen molar-refractivity contribution in [1.82, 2.24) is 4.90 Å². The minimum absolute atomic E-state index is 0.0759. The number of amides is 2. The Bertz CT molecular complexity index is 1280. The van der Waals surface area contributed by atoms with Crippen LogP contribution in [0.4, 0.5) is 17.1 Å². The van der Waals surface area contributed by atoms with E-state index in [2.05, 4.69) is 31.5 Å². The number of nitrogens with one attached hydrogen (secondary N) is 2. The van der Waals surface area contributed by atoms with Gasteiger partial charge in [0.25, 0.3) is 0 Å². The summed E-state index contributed by atoms with van der Waals surface area (Å²) in [4.78, 5) is 28.0. The Morgan fingerprint density at radius 2 is 1.78 bits per heavy atom. The van der Waals surface area contributed by atoms with Crippen LogP contribution in [0.5, 0.6) is 0 Å². The molecule has 2 amide bonds. The van der Waals surface area contributed by atoms with Gasteiger partial charge in [0.05, 0.1) is 24.1 Å². The van der Waals surface area contributed by atoms with Crippen molar-refractivity contribution < 1.29 is 14.3 Å². The minimum Gasteiger partial charge on any atom is -0.397 e. The molecular formula is C28H27BrN4O3. The van der Waals surface area contributed by atoms with E-state index in [0.29, 0.717) is 18.0 Å². The van der Waals surface area contributed by atoms with E-state index in [4.69, 9.17) is 10.5 Å². The van der Waals surface area contributed by atoms with Crippen molar-refractivity contribution in [2.24, 2.45) is 0 Å². The molecule has 0 aliphatic carbocycles. The van der Waals surface area contributed by atoms with Gasteiger partial charge in [0, 0.05) is 28.8 Å². The molecule has 3 atom stereocenters. The van der Waals surface area contributed by atoms with Crippen LogP contribution in [-0.2, 0) is 14.3 Å². The first kappa shape index (κ1) is 24.2. The summed E-state index contributed by atoms with van der Waals surface area (Å²) in [6, 6.07) is 22.2. The standard InChI is InChI=1S/C28H27BrN4O3/c29-20-10-12-21(13-11-20)31-28(35)27(33-16-23-15-22(33)17-36-23)19-8-5-18(6-9-19)7-14-26(34)32-25-4-2-1-3-24(25)30/h1-14,22-23,27H,15-17,30H2,(H,31,35)(H,32,34)/t22-,23?,27-/m0/s1. The molecule has 2 bridgehead atoms. The maximum Gasteiger partial charge on any atom is 0.248 e. The maximum atomic E-state index is 13.5. The molecule has 0 spiro atoms. The average molecular weight is 547 g/mol. The number of carbonyl (C=O) groups is 2. The third kappa shape index (κ3) is 5.51. The van der Waals surface area contributed by atoms with E-state index in [9.17, 15) is 9.59 Å². The highest BCUT2D eigenvalue weighted by Gasteiger charge is 2.44. The molecule has 1 unspecified atom stereocenters. The van der Waals surface area contributed by atoms with E-state index in [1.54, 1.807) is 18.2 Å². The SMILES string of the molecule is Nc1ccccc1NC(=O)C=Cc1ccc([C@@H](C(=O)Nc2ccc(Br)cc2)N2CC3C[C@H]2CO3)cc1. The van der Waals surface area contributed by atoms with Crippen molar-refractivity contribution in [3.05, 3.63) is 94.5 Å². The highest BCUT2D eigenvalue weighted by molar-refractivity contribution is 9.10. The molecule has 2 fully saturated rings. The number of anilines is 3. The number of carbonyl (C=O) groups excluding carboxylic acids is 2. The molecule has 0 saturated carbocycles. The first-order chi connectivity index (χ1) is 17.5. The lowest BCUT2D eigenvalue weighted by atomic mass is 10.0. The second-order valence-electron chi connectivity index (χ2n) is 9.02. The fraction of sp³-hybridized carbons (Fsp3) is 0.214. The van der Waals surface area contributed by atoms with E-state index in [0.717, 1.165) is 34.3 Å². The van der Waals surface area contributed by atoms with Crippen LogP contribution in [0, 0.1) is 0 Å². The normalized spacial score (nSPS) is 19.9. The van der Waals surface area contributed by atoms with Crippen LogP contribution in [0.15, 0.2) is 83.3 Å². The van der Waals surface area contributed by atoms with Gasteiger partial charge in [-0.25, -0.2) is 0 Å². The number of nitrogens with zero attached hydrogens (tertiary/aromatic N) is 1. The van der Waals surface area contributed by atoms with Crippen LogP contribution in [-0.4, -0.2) is 42.0 Å². The molecule has 7 nitrogen and oxygen atoms in total.